The van der Waals surface area contributed by atoms with E-state index in [1.165, 1.54) is 11.8 Å². The van der Waals surface area contributed by atoms with E-state index in [1.807, 2.05) is 48.5 Å². The van der Waals surface area contributed by atoms with E-state index in [1.54, 1.807) is 7.11 Å². The molecule has 0 aliphatic carbocycles. The van der Waals surface area contributed by atoms with Crippen molar-refractivity contribution in [2.45, 2.75) is 17.6 Å². The van der Waals surface area contributed by atoms with Crippen molar-refractivity contribution in [1.29, 1.82) is 0 Å². The van der Waals surface area contributed by atoms with Gasteiger partial charge in [-0.1, -0.05) is 41.6 Å². The van der Waals surface area contributed by atoms with Crippen molar-refractivity contribution in [3.05, 3.63) is 65.0 Å². The third kappa shape index (κ3) is 4.43. The maximum absolute atomic E-state index is 6.13. The predicted octanol–water partition coefficient (Wildman–Crippen LogP) is 4.60. The van der Waals surface area contributed by atoms with Crippen molar-refractivity contribution in [3.63, 3.8) is 0 Å². The van der Waals surface area contributed by atoms with Gasteiger partial charge in [-0.25, -0.2) is 0 Å². The topological polar surface area (TPSA) is 57.4 Å². The summed E-state index contributed by atoms with van der Waals surface area (Å²) in [6.07, 6.45) is 0. The molecule has 24 heavy (non-hydrogen) atoms. The standard InChI is InChI=1S/C17H15ClN2O3S/c1-21-13-6-8-14(9-7-13)22-10-16-19-20-17(23-16)24-11-12-4-2-3-5-15(12)18/h2-9H,10-11H2,1H3. The number of hydrogen-bond donors (Lipinski definition) is 0. The predicted molar refractivity (Wildman–Crippen MR) is 92.6 cm³/mol. The van der Waals surface area contributed by atoms with Gasteiger partial charge in [0.2, 0.25) is 0 Å². The molecular formula is C17H15ClN2O3S. The lowest BCUT2D eigenvalue weighted by molar-refractivity contribution is 0.252. The molecule has 5 nitrogen and oxygen atoms in total. The third-order valence-corrected chi connectivity index (χ3v) is 4.42. The van der Waals surface area contributed by atoms with E-state index in [9.17, 15) is 0 Å². The first-order chi connectivity index (χ1) is 11.7. The van der Waals surface area contributed by atoms with E-state index in [2.05, 4.69) is 10.2 Å². The number of rotatable bonds is 7. The largest absolute Gasteiger partial charge is 0.497 e. The lowest BCUT2D eigenvalue weighted by atomic mass is 10.2. The summed E-state index contributed by atoms with van der Waals surface area (Å²) in [4.78, 5) is 0. The molecule has 0 aliphatic rings. The highest BCUT2D eigenvalue weighted by Gasteiger charge is 2.09. The van der Waals surface area contributed by atoms with Crippen LogP contribution in [0.25, 0.3) is 0 Å². The van der Waals surface area contributed by atoms with Gasteiger partial charge in [-0.3, -0.25) is 0 Å². The van der Waals surface area contributed by atoms with Crippen LogP contribution in [0.3, 0.4) is 0 Å². The van der Waals surface area contributed by atoms with Crippen LogP contribution in [0.5, 0.6) is 11.5 Å². The Kier molecular flexibility index (Phi) is 5.61. The van der Waals surface area contributed by atoms with Gasteiger partial charge in [-0.2, -0.15) is 0 Å². The number of benzene rings is 2. The molecule has 124 valence electrons. The number of thioether (sulfide) groups is 1. The van der Waals surface area contributed by atoms with Gasteiger partial charge in [0.25, 0.3) is 11.1 Å². The maximum atomic E-state index is 6.13. The van der Waals surface area contributed by atoms with Crippen LogP contribution in [0, 0.1) is 0 Å². The minimum absolute atomic E-state index is 0.214. The Morgan fingerprint density at radius 3 is 2.54 bits per heavy atom. The smallest absolute Gasteiger partial charge is 0.277 e. The fourth-order valence-corrected chi connectivity index (χ4v) is 2.99. The van der Waals surface area contributed by atoms with E-state index >= 15 is 0 Å². The molecule has 0 saturated heterocycles. The molecule has 0 radical (unpaired) electrons. The summed E-state index contributed by atoms with van der Waals surface area (Å²) < 4.78 is 16.3. The van der Waals surface area contributed by atoms with Crippen LogP contribution in [-0.2, 0) is 12.4 Å². The molecule has 0 atom stereocenters. The Bertz CT molecular complexity index is 793. The zero-order chi connectivity index (χ0) is 16.8. The number of methoxy groups -OCH3 is 1. The van der Waals surface area contributed by atoms with E-state index < -0.39 is 0 Å². The highest BCUT2D eigenvalue weighted by atomic mass is 35.5. The minimum Gasteiger partial charge on any atom is -0.497 e. The summed E-state index contributed by atoms with van der Waals surface area (Å²) >= 11 is 7.56. The van der Waals surface area contributed by atoms with Crippen LogP contribution < -0.4 is 9.47 Å². The monoisotopic (exact) mass is 362 g/mol. The maximum Gasteiger partial charge on any atom is 0.277 e. The molecule has 0 fully saturated rings. The Morgan fingerprint density at radius 1 is 1.04 bits per heavy atom. The van der Waals surface area contributed by atoms with Crippen LogP contribution >= 0.6 is 23.4 Å². The molecule has 3 aromatic rings. The summed E-state index contributed by atoms with van der Waals surface area (Å²) in [5.41, 5.74) is 1.03. The first kappa shape index (κ1) is 16.7. The number of ether oxygens (including phenoxy) is 2. The van der Waals surface area contributed by atoms with Crippen molar-refractivity contribution >= 4 is 23.4 Å². The van der Waals surface area contributed by atoms with Gasteiger partial charge >= 0.3 is 0 Å². The van der Waals surface area contributed by atoms with Crippen molar-refractivity contribution in [2.75, 3.05) is 7.11 Å². The Hall–Kier alpha value is -2.18. The molecule has 0 unspecified atom stereocenters. The van der Waals surface area contributed by atoms with Gasteiger partial charge in [0.05, 0.1) is 7.11 Å². The Morgan fingerprint density at radius 2 is 1.79 bits per heavy atom. The zero-order valence-corrected chi connectivity index (χ0v) is 14.5. The Labute approximate surface area is 148 Å². The lowest BCUT2D eigenvalue weighted by Crippen LogP contribution is -1.95. The fourth-order valence-electron chi connectivity index (χ4n) is 1.93. The molecular weight excluding hydrogens is 348 g/mol. The number of aromatic nitrogens is 2. The first-order valence-corrected chi connectivity index (χ1v) is 8.56. The van der Waals surface area contributed by atoms with Crippen LogP contribution in [0.4, 0.5) is 0 Å². The zero-order valence-electron chi connectivity index (χ0n) is 12.9. The van der Waals surface area contributed by atoms with Gasteiger partial charge in [-0.05, 0) is 35.9 Å². The summed E-state index contributed by atoms with van der Waals surface area (Å²) in [6, 6.07) is 15.0. The van der Waals surface area contributed by atoms with Crippen LogP contribution in [0.1, 0.15) is 11.5 Å². The van der Waals surface area contributed by atoms with Crippen molar-refractivity contribution in [2.24, 2.45) is 0 Å². The molecule has 7 heteroatoms. The van der Waals surface area contributed by atoms with E-state index in [0.717, 1.165) is 16.3 Å². The van der Waals surface area contributed by atoms with Gasteiger partial charge in [-0.15, -0.1) is 10.2 Å². The fraction of sp³-hybridized carbons (Fsp3) is 0.176. The first-order valence-electron chi connectivity index (χ1n) is 7.20. The summed E-state index contributed by atoms with van der Waals surface area (Å²) in [6.45, 7) is 0.214. The summed E-state index contributed by atoms with van der Waals surface area (Å²) in [5.74, 6) is 2.57. The molecule has 0 bridgehead atoms. The molecule has 1 aromatic heterocycles. The lowest BCUT2D eigenvalue weighted by Gasteiger charge is -2.04. The quantitative estimate of drug-likeness (QED) is 0.572. The minimum atomic E-state index is 0.214. The molecule has 1 heterocycles. The van der Waals surface area contributed by atoms with Crippen molar-refractivity contribution < 1.29 is 13.9 Å². The highest BCUT2D eigenvalue weighted by molar-refractivity contribution is 7.98. The second-order valence-corrected chi connectivity index (χ2v) is 6.14. The second-order valence-electron chi connectivity index (χ2n) is 4.81. The third-order valence-electron chi connectivity index (χ3n) is 3.18. The van der Waals surface area contributed by atoms with Crippen molar-refractivity contribution in [3.8, 4) is 11.5 Å². The highest BCUT2D eigenvalue weighted by Crippen LogP contribution is 2.26. The molecule has 3 rings (SSSR count). The van der Waals surface area contributed by atoms with Gasteiger partial charge < -0.3 is 13.9 Å². The van der Waals surface area contributed by atoms with Gasteiger partial charge in [0, 0.05) is 10.8 Å². The number of halogens is 1. The molecule has 0 saturated carbocycles. The average Bonchev–Trinajstić information content (AvgIpc) is 3.08. The second kappa shape index (κ2) is 8.08. The molecule has 0 amide bonds. The molecule has 0 N–H and O–H groups in total. The van der Waals surface area contributed by atoms with Crippen LogP contribution in [-0.4, -0.2) is 17.3 Å². The molecule has 0 spiro atoms. The van der Waals surface area contributed by atoms with E-state index in [4.69, 9.17) is 25.5 Å². The van der Waals surface area contributed by atoms with Crippen LogP contribution in [0.15, 0.2) is 58.2 Å². The number of hydrogen-bond acceptors (Lipinski definition) is 6. The summed E-state index contributed by atoms with van der Waals surface area (Å²) in [5, 5.41) is 9.20. The normalized spacial score (nSPS) is 10.6. The number of nitrogens with zero attached hydrogens (tertiary/aromatic N) is 2. The van der Waals surface area contributed by atoms with Crippen LogP contribution in [0.2, 0.25) is 5.02 Å². The van der Waals surface area contributed by atoms with Gasteiger partial charge in [0.15, 0.2) is 6.61 Å². The Balaban J connectivity index is 1.52. The van der Waals surface area contributed by atoms with E-state index in [-0.39, 0.29) is 6.61 Å². The van der Waals surface area contributed by atoms with E-state index in [0.29, 0.717) is 22.6 Å². The molecule has 0 aliphatic heterocycles. The van der Waals surface area contributed by atoms with Crippen molar-refractivity contribution in [1.82, 2.24) is 10.2 Å². The summed E-state index contributed by atoms with van der Waals surface area (Å²) in [7, 11) is 1.62. The molecule has 2 aromatic carbocycles. The average molecular weight is 363 g/mol. The SMILES string of the molecule is COc1ccc(OCc2nnc(SCc3ccccc3Cl)o2)cc1. The van der Waals surface area contributed by atoms with Gasteiger partial charge in [0.1, 0.15) is 11.5 Å².